The highest BCUT2D eigenvalue weighted by Gasteiger charge is 2.43. The molecule has 0 bridgehead atoms. The van der Waals surface area contributed by atoms with Gasteiger partial charge in [0, 0.05) is 25.5 Å². The largest absolute Gasteiger partial charge is 0.490 e. The summed E-state index contributed by atoms with van der Waals surface area (Å²) in [5.74, 6) is 0.493. The molecule has 9 heteroatoms. The normalized spacial score (nSPS) is 22.8. The Kier molecular flexibility index (Phi) is 4.74. The molecule has 3 atom stereocenters. The van der Waals surface area contributed by atoms with E-state index in [-0.39, 0.29) is 17.8 Å². The predicted octanol–water partition coefficient (Wildman–Crippen LogP) is 3.46. The standard InChI is InChI=1S/C21H20N4O4S/c26-20(27)18-4-5-25(23-18)21(28)24-10-14-7-17(8-15(14)11-24)29-16-3-1-2-13(6-16)19-9-22-12-30-19/h1-6,9,12,14-15,17H,7-8,10-11H2,(H,26,27)/t14-,15+,17?. The second kappa shape index (κ2) is 7.56. The zero-order valence-corrected chi connectivity index (χ0v) is 16.9. The van der Waals surface area contributed by atoms with Crippen LogP contribution >= 0.6 is 11.3 Å². The molecule has 5 rings (SSSR count). The van der Waals surface area contributed by atoms with Crippen molar-refractivity contribution in [2.24, 2.45) is 11.8 Å². The Hall–Kier alpha value is -3.20. The maximum absolute atomic E-state index is 12.6. The van der Waals surface area contributed by atoms with Gasteiger partial charge in [0.15, 0.2) is 5.69 Å². The lowest BCUT2D eigenvalue weighted by Gasteiger charge is -2.20. The molecular weight excluding hydrogens is 404 g/mol. The van der Waals surface area contributed by atoms with Crippen LogP contribution in [0.2, 0.25) is 0 Å². The molecule has 1 aliphatic heterocycles. The number of ether oxygens (including phenoxy) is 1. The molecule has 1 saturated carbocycles. The SMILES string of the molecule is O=C(O)c1ccn(C(=O)N2C[C@H]3CC(Oc4cccc(-c5cncs5)c4)C[C@H]3C2)n1. The summed E-state index contributed by atoms with van der Waals surface area (Å²) in [5, 5.41) is 12.8. The molecule has 8 nitrogen and oxygen atoms in total. The minimum Gasteiger partial charge on any atom is -0.490 e. The lowest BCUT2D eigenvalue weighted by molar-refractivity contribution is 0.0690. The van der Waals surface area contributed by atoms with Gasteiger partial charge in [0.05, 0.1) is 16.5 Å². The van der Waals surface area contributed by atoms with Gasteiger partial charge >= 0.3 is 12.0 Å². The summed E-state index contributed by atoms with van der Waals surface area (Å²) in [7, 11) is 0. The van der Waals surface area contributed by atoms with Gasteiger partial charge in [-0.25, -0.2) is 9.59 Å². The molecule has 1 N–H and O–H groups in total. The number of aromatic nitrogens is 3. The summed E-state index contributed by atoms with van der Waals surface area (Å²) in [6.45, 7) is 1.29. The number of nitrogens with zero attached hydrogens (tertiary/aromatic N) is 4. The topological polar surface area (TPSA) is 97.5 Å². The van der Waals surface area contributed by atoms with Gasteiger partial charge in [-0.05, 0) is 48.4 Å². The van der Waals surface area contributed by atoms with E-state index >= 15 is 0 Å². The second-order valence-corrected chi connectivity index (χ2v) is 8.65. The van der Waals surface area contributed by atoms with Crippen molar-refractivity contribution < 1.29 is 19.4 Å². The molecule has 2 fully saturated rings. The van der Waals surface area contributed by atoms with E-state index in [9.17, 15) is 9.59 Å². The zero-order chi connectivity index (χ0) is 20.7. The van der Waals surface area contributed by atoms with E-state index in [4.69, 9.17) is 9.84 Å². The van der Waals surface area contributed by atoms with Crippen LogP contribution in [0.4, 0.5) is 4.79 Å². The minimum absolute atomic E-state index is 0.128. The lowest BCUT2D eigenvalue weighted by atomic mass is 10.0. The molecule has 2 aliphatic rings. The lowest BCUT2D eigenvalue weighted by Crippen LogP contribution is -2.34. The van der Waals surface area contributed by atoms with Crippen molar-refractivity contribution in [3.05, 3.63) is 53.9 Å². The van der Waals surface area contributed by atoms with E-state index in [1.54, 1.807) is 16.2 Å². The second-order valence-electron chi connectivity index (χ2n) is 7.76. The maximum Gasteiger partial charge on any atom is 0.356 e. The Bertz CT molecular complexity index is 1070. The van der Waals surface area contributed by atoms with Gasteiger partial charge in [-0.15, -0.1) is 11.3 Å². The number of thiazole rings is 1. The van der Waals surface area contributed by atoms with Gasteiger partial charge in [0.1, 0.15) is 5.75 Å². The number of hydrogen-bond donors (Lipinski definition) is 1. The van der Waals surface area contributed by atoms with Crippen LogP contribution in [0, 0.1) is 11.8 Å². The quantitative estimate of drug-likeness (QED) is 0.689. The van der Waals surface area contributed by atoms with Gasteiger partial charge < -0.3 is 14.7 Å². The first kappa shape index (κ1) is 18.8. The Balaban J connectivity index is 1.20. The summed E-state index contributed by atoms with van der Waals surface area (Å²) in [6, 6.07) is 9.14. The summed E-state index contributed by atoms with van der Waals surface area (Å²) in [4.78, 5) is 30.6. The highest BCUT2D eigenvalue weighted by Crippen LogP contribution is 2.40. The van der Waals surface area contributed by atoms with Crippen molar-refractivity contribution in [1.82, 2.24) is 19.7 Å². The van der Waals surface area contributed by atoms with Crippen LogP contribution in [0.15, 0.2) is 48.2 Å². The third-order valence-electron chi connectivity index (χ3n) is 5.84. The molecule has 0 spiro atoms. The van der Waals surface area contributed by atoms with Crippen molar-refractivity contribution in [3.8, 4) is 16.2 Å². The Labute approximate surface area is 176 Å². The summed E-state index contributed by atoms with van der Waals surface area (Å²) >= 11 is 1.60. The third-order valence-corrected chi connectivity index (χ3v) is 6.66. The molecule has 3 heterocycles. The smallest absolute Gasteiger partial charge is 0.356 e. The van der Waals surface area contributed by atoms with Crippen molar-refractivity contribution >= 4 is 23.3 Å². The van der Waals surface area contributed by atoms with Crippen molar-refractivity contribution in [3.63, 3.8) is 0 Å². The zero-order valence-electron chi connectivity index (χ0n) is 16.0. The van der Waals surface area contributed by atoms with E-state index in [2.05, 4.69) is 22.2 Å². The summed E-state index contributed by atoms with van der Waals surface area (Å²) in [6.07, 6.45) is 5.20. The molecule has 1 saturated heterocycles. The number of rotatable bonds is 4. The molecule has 1 aromatic carbocycles. The number of carbonyl (C=O) groups excluding carboxylic acids is 1. The number of carboxylic acid groups (broad SMARTS) is 1. The van der Waals surface area contributed by atoms with Crippen LogP contribution in [0.25, 0.3) is 10.4 Å². The number of aromatic carboxylic acids is 1. The molecule has 1 amide bonds. The van der Waals surface area contributed by atoms with Gasteiger partial charge in [-0.2, -0.15) is 9.78 Å². The maximum atomic E-state index is 12.6. The predicted molar refractivity (Wildman–Crippen MR) is 110 cm³/mol. The van der Waals surface area contributed by atoms with E-state index < -0.39 is 5.97 Å². The molecule has 154 valence electrons. The van der Waals surface area contributed by atoms with E-state index in [0.717, 1.165) is 33.7 Å². The van der Waals surface area contributed by atoms with Crippen LogP contribution in [-0.4, -0.2) is 56.0 Å². The highest BCUT2D eigenvalue weighted by molar-refractivity contribution is 7.13. The fraction of sp³-hybridized carbons (Fsp3) is 0.333. The van der Waals surface area contributed by atoms with Crippen LogP contribution in [0.3, 0.4) is 0 Å². The molecule has 1 aliphatic carbocycles. The van der Waals surface area contributed by atoms with Gasteiger partial charge in [-0.3, -0.25) is 4.98 Å². The van der Waals surface area contributed by atoms with E-state index in [0.29, 0.717) is 24.9 Å². The molecular formula is C21H20N4O4S. The van der Waals surface area contributed by atoms with Crippen LogP contribution in [0.5, 0.6) is 5.75 Å². The van der Waals surface area contributed by atoms with Gasteiger partial charge in [-0.1, -0.05) is 12.1 Å². The van der Waals surface area contributed by atoms with E-state index in [1.807, 2.05) is 23.8 Å². The average molecular weight is 424 g/mol. The number of benzene rings is 1. The summed E-state index contributed by atoms with van der Waals surface area (Å²) < 4.78 is 7.37. The third kappa shape index (κ3) is 3.56. The highest BCUT2D eigenvalue weighted by atomic mass is 32.1. The molecule has 30 heavy (non-hydrogen) atoms. The number of fused-ring (bicyclic) bond motifs is 1. The monoisotopic (exact) mass is 424 g/mol. The number of carbonyl (C=O) groups is 2. The summed E-state index contributed by atoms with van der Waals surface area (Å²) in [5.41, 5.74) is 2.79. The Morgan fingerprint density at radius 1 is 1.17 bits per heavy atom. The first-order chi connectivity index (χ1) is 14.6. The number of likely N-dealkylation sites (tertiary alicyclic amines) is 1. The first-order valence-corrected chi connectivity index (χ1v) is 10.7. The number of amides is 1. The minimum atomic E-state index is -1.14. The van der Waals surface area contributed by atoms with Gasteiger partial charge in [0.25, 0.3) is 0 Å². The van der Waals surface area contributed by atoms with E-state index in [1.165, 1.54) is 12.3 Å². The van der Waals surface area contributed by atoms with Crippen LogP contribution in [-0.2, 0) is 0 Å². The van der Waals surface area contributed by atoms with Crippen molar-refractivity contribution in [1.29, 1.82) is 0 Å². The number of carboxylic acids is 1. The van der Waals surface area contributed by atoms with Crippen LogP contribution < -0.4 is 4.74 Å². The number of hydrogen-bond acceptors (Lipinski definition) is 6. The molecule has 3 aromatic rings. The first-order valence-electron chi connectivity index (χ1n) is 9.80. The van der Waals surface area contributed by atoms with Gasteiger partial charge in [0.2, 0.25) is 0 Å². The molecule has 2 aromatic heterocycles. The molecule has 1 unspecified atom stereocenters. The van der Waals surface area contributed by atoms with Crippen LogP contribution in [0.1, 0.15) is 23.3 Å². The van der Waals surface area contributed by atoms with Crippen molar-refractivity contribution in [2.45, 2.75) is 18.9 Å². The Morgan fingerprint density at radius 2 is 1.97 bits per heavy atom. The Morgan fingerprint density at radius 3 is 2.63 bits per heavy atom. The fourth-order valence-corrected chi connectivity index (χ4v) is 5.08. The van der Waals surface area contributed by atoms with Crippen molar-refractivity contribution in [2.75, 3.05) is 13.1 Å². The average Bonchev–Trinajstić information content (AvgIpc) is 3.50. The fourth-order valence-electron chi connectivity index (χ4n) is 4.46. The molecule has 0 radical (unpaired) electrons.